The molecule has 0 saturated carbocycles. The van der Waals surface area contributed by atoms with Crippen LogP contribution in [0.4, 0.5) is 0 Å². The number of ether oxygens (including phenoxy) is 1. The molecule has 2 aromatic heterocycles. The Kier molecular flexibility index (Phi) is 18.8. The van der Waals surface area contributed by atoms with Crippen LogP contribution in [0.25, 0.3) is 22.3 Å². The molecule has 0 fully saturated rings. The number of aryl methyl sites for hydroxylation is 1. The fraction of sp³-hybridized carbons (Fsp3) is 0.604. The predicted octanol–water partition coefficient (Wildman–Crippen LogP) is 10.4. The fourth-order valence-electron chi connectivity index (χ4n) is 9.49. The van der Waals surface area contributed by atoms with Crippen LogP contribution in [0.2, 0.25) is 0 Å². The van der Waals surface area contributed by atoms with Crippen LogP contribution in [0, 0.1) is 0 Å². The molecule has 0 radical (unpaired) electrons. The minimum Gasteiger partial charge on any atom is -0.756 e. The molecule has 12 nitrogen and oxygen atoms in total. The van der Waals surface area contributed by atoms with Gasteiger partial charge in [-0.05, 0) is 93.7 Å². The monoisotopic (exact) mass is 929 g/mol. The fourth-order valence-corrected chi connectivity index (χ4v) is 10.2. The van der Waals surface area contributed by atoms with Crippen LogP contribution in [-0.4, -0.2) is 84.8 Å². The Morgan fingerprint density at radius 3 is 1.94 bits per heavy atom. The first-order chi connectivity index (χ1) is 31.6. The van der Waals surface area contributed by atoms with Gasteiger partial charge >= 0.3 is 0 Å². The third-order valence-electron chi connectivity index (χ3n) is 13.4. The Morgan fingerprint density at radius 1 is 0.773 bits per heavy atom. The van der Waals surface area contributed by atoms with Gasteiger partial charge in [-0.3, -0.25) is 14.2 Å². The summed E-state index contributed by atoms with van der Waals surface area (Å²) >= 11 is 0. The summed E-state index contributed by atoms with van der Waals surface area (Å²) in [7, 11) is 5.86. The Hall–Kier alpha value is -3.74. The second kappa shape index (κ2) is 24.0. The largest absolute Gasteiger partial charge is 0.756 e. The van der Waals surface area contributed by atoms with E-state index in [1.165, 1.54) is 89.0 Å². The minimum absolute atomic E-state index is 0.144. The van der Waals surface area contributed by atoms with Crippen molar-refractivity contribution in [3.8, 4) is 22.9 Å². The van der Waals surface area contributed by atoms with Gasteiger partial charge in [-0.15, -0.1) is 0 Å². The number of benzene rings is 2. The lowest BCUT2D eigenvalue weighted by molar-refractivity contribution is -0.870. The number of hydrogen-bond acceptors (Lipinski definition) is 10. The summed E-state index contributed by atoms with van der Waals surface area (Å²) in [5.41, 5.74) is 4.77. The lowest BCUT2D eigenvalue weighted by atomic mass is 9.77. The second-order valence-electron chi connectivity index (χ2n) is 20.1. The molecule has 1 N–H and O–H groups in total. The molecule has 1 unspecified atom stereocenters. The first kappa shape index (κ1) is 51.6. The van der Waals surface area contributed by atoms with E-state index in [9.17, 15) is 24.2 Å². The number of hydrogen-bond donors (Lipinski definition) is 1. The minimum atomic E-state index is -4.19. The van der Waals surface area contributed by atoms with Gasteiger partial charge in [0.2, 0.25) is 0 Å². The Labute approximate surface area is 393 Å². The van der Waals surface area contributed by atoms with Gasteiger partial charge < -0.3 is 37.7 Å². The smallest absolute Gasteiger partial charge is 0.268 e. The number of pyridine rings is 2. The summed E-state index contributed by atoms with van der Waals surface area (Å²) in [6, 6.07) is 16.3. The molecule has 0 spiro atoms. The molecule has 0 bridgehead atoms. The van der Waals surface area contributed by atoms with Crippen molar-refractivity contribution in [3.63, 3.8) is 0 Å². The van der Waals surface area contributed by atoms with E-state index >= 15 is 0 Å². The van der Waals surface area contributed by atoms with Crippen molar-refractivity contribution in [3.05, 3.63) is 86.7 Å². The maximum Gasteiger partial charge on any atom is 0.268 e. The Morgan fingerprint density at radius 2 is 1.35 bits per heavy atom. The number of likely N-dealkylation sites (N-methyl/N-ethyl adjacent to an activating group) is 1. The van der Waals surface area contributed by atoms with Crippen molar-refractivity contribution in [2.75, 3.05) is 55.0 Å². The molecule has 6 rings (SSSR count). The van der Waals surface area contributed by atoms with Crippen molar-refractivity contribution in [1.29, 1.82) is 0 Å². The van der Waals surface area contributed by atoms with E-state index in [4.69, 9.17) is 18.8 Å². The van der Waals surface area contributed by atoms with Crippen LogP contribution in [0.15, 0.2) is 53.3 Å². The first-order valence-corrected chi connectivity index (χ1v) is 26.4. The quantitative estimate of drug-likeness (QED) is 0.0280. The summed E-state index contributed by atoms with van der Waals surface area (Å²) in [6.07, 6.45) is 21.4. The zero-order valence-electron chi connectivity index (χ0n) is 40.8. The molecule has 13 heteroatoms. The van der Waals surface area contributed by atoms with E-state index in [0.29, 0.717) is 47.4 Å². The number of carbonyl (C=O) groups excluding carboxylic acids is 1. The topological polar surface area (TPSA) is 143 Å². The highest BCUT2D eigenvalue weighted by molar-refractivity contribution is 7.45. The highest BCUT2D eigenvalue weighted by Gasteiger charge is 2.43. The summed E-state index contributed by atoms with van der Waals surface area (Å²) in [6.45, 7) is 3.80. The molecule has 4 aromatic rings. The number of carbonyl (C=O) groups is 1. The molecule has 362 valence electrons. The third-order valence-corrected chi connectivity index (χ3v) is 14.4. The number of nitrogens with zero attached hydrogens (tertiary/aromatic N) is 4. The number of phosphoric ester groups is 1. The molecule has 2 aliphatic rings. The van der Waals surface area contributed by atoms with E-state index in [1.54, 1.807) is 11.5 Å². The average Bonchev–Trinajstić information content (AvgIpc) is 3.64. The van der Waals surface area contributed by atoms with Crippen molar-refractivity contribution >= 4 is 24.5 Å². The van der Waals surface area contributed by atoms with E-state index in [2.05, 4.69) is 35.2 Å². The molecule has 0 saturated heterocycles. The van der Waals surface area contributed by atoms with Gasteiger partial charge in [0.15, 0.2) is 5.78 Å². The van der Waals surface area contributed by atoms with Gasteiger partial charge in [0.25, 0.3) is 13.4 Å². The lowest BCUT2D eigenvalue weighted by Crippen LogP contribution is -2.43. The van der Waals surface area contributed by atoms with Gasteiger partial charge in [-0.25, -0.2) is 4.98 Å². The standard InChI is InChI=1S/C53H77N4O8P/c1-7-53(60)47-37-49-51-46(39-56(49)52(59)43(47)30-32-50(53)58)45(38-55(2)3)44-36-42(29-31-48(44)54-51)65-41-27-25-40(26-28-41)24-22-20-18-16-14-12-10-8-9-11-13-15-17-19-21-23-34-63-66(61,62)64-35-33-57(4,5)6/h25-29,31,36-37,60H,7-24,30,32-35,38-39H2,1-6H3/t53-/m0/s1. The maximum absolute atomic E-state index is 13.9. The number of rotatable bonds is 29. The number of unbranched alkanes of at least 4 members (excludes halogenated alkanes) is 15. The van der Waals surface area contributed by atoms with Gasteiger partial charge in [0.05, 0.1) is 51.2 Å². The van der Waals surface area contributed by atoms with Crippen LogP contribution >= 0.6 is 7.82 Å². The Balaban J connectivity index is 0.851. The first-order valence-electron chi connectivity index (χ1n) is 24.9. The molecule has 2 aromatic carbocycles. The number of aromatic nitrogens is 2. The summed E-state index contributed by atoms with van der Waals surface area (Å²) in [5.74, 6) is 1.28. The van der Waals surface area contributed by atoms with Gasteiger partial charge in [0, 0.05) is 35.0 Å². The van der Waals surface area contributed by atoms with Crippen molar-refractivity contribution < 1.29 is 37.6 Å². The molecule has 2 atom stereocenters. The zero-order chi connectivity index (χ0) is 47.3. The van der Waals surface area contributed by atoms with Crippen LogP contribution in [0.1, 0.15) is 150 Å². The average molecular weight is 929 g/mol. The SMILES string of the molecule is CC[C@@]1(O)C(=O)CCc2c1cc1n(c2=O)Cc2c-1nc1ccc(Oc3ccc(CCCCCCCCCCCCCCCCCCOP(=O)([O-])OCC[N+](C)(C)C)cc3)cc1c2CN(C)C. The maximum atomic E-state index is 13.9. The highest BCUT2D eigenvalue weighted by Crippen LogP contribution is 2.42. The highest BCUT2D eigenvalue weighted by atomic mass is 31.2. The summed E-state index contributed by atoms with van der Waals surface area (Å²) in [5, 5.41) is 12.4. The molecule has 1 aliphatic heterocycles. The molecule has 66 heavy (non-hydrogen) atoms. The number of Topliss-reactive ketones (excluding diaryl/α,β-unsaturated/α-hetero) is 1. The number of aliphatic hydroxyl groups is 1. The zero-order valence-corrected chi connectivity index (χ0v) is 41.7. The van der Waals surface area contributed by atoms with E-state index in [0.717, 1.165) is 64.9 Å². The van der Waals surface area contributed by atoms with Gasteiger partial charge in [-0.2, -0.15) is 0 Å². The Bertz CT molecular complexity index is 2340. The number of ketones is 1. The van der Waals surface area contributed by atoms with E-state index in [1.807, 2.05) is 53.4 Å². The predicted molar refractivity (Wildman–Crippen MR) is 262 cm³/mol. The van der Waals surface area contributed by atoms with Gasteiger partial charge in [-0.1, -0.05) is 109 Å². The van der Waals surface area contributed by atoms with Crippen LogP contribution in [0.5, 0.6) is 11.5 Å². The van der Waals surface area contributed by atoms with Crippen molar-refractivity contribution in [1.82, 2.24) is 14.5 Å². The number of fused-ring (bicyclic) bond motifs is 5. The van der Waals surface area contributed by atoms with Gasteiger partial charge in [0.1, 0.15) is 30.3 Å². The van der Waals surface area contributed by atoms with E-state index in [-0.39, 0.29) is 37.4 Å². The molecule has 1 aliphatic carbocycles. The van der Waals surface area contributed by atoms with Crippen LogP contribution in [0.3, 0.4) is 0 Å². The van der Waals surface area contributed by atoms with Crippen molar-refractivity contribution in [2.24, 2.45) is 0 Å². The van der Waals surface area contributed by atoms with Crippen molar-refractivity contribution in [2.45, 2.75) is 154 Å². The molecular weight excluding hydrogens is 852 g/mol. The lowest BCUT2D eigenvalue weighted by Gasteiger charge is -2.32. The van der Waals surface area contributed by atoms with Crippen LogP contribution < -0.4 is 15.2 Å². The number of quaternary nitrogens is 1. The number of phosphoric acid groups is 1. The second-order valence-corrected chi connectivity index (χ2v) is 21.5. The molecule has 3 heterocycles. The molecular formula is C53H77N4O8P. The summed E-state index contributed by atoms with van der Waals surface area (Å²) in [4.78, 5) is 45.8. The van der Waals surface area contributed by atoms with E-state index < -0.39 is 13.4 Å². The molecule has 0 amide bonds. The van der Waals surface area contributed by atoms with Crippen LogP contribution in [-0.2, 0) is 49.9 Å². The normalized spacial score (nSPS) is 16.7. The third kappa shape index (κ3) is 14.2. The summed E-state index contributed by atoms with van der Waals surface area (Å²) < 4.78 is 30.6.